The number of anilines is 1. The van der Waals surface area contributed by atoms with Crippen molar-refractivity contribution in [3.8, 4) is 28.5 Å². The quantitative estimate of drug-likeness (QED) is 0.504. The lowest BCUT2D eigenvalue weighted by molar-refractivity contribution is -0.0235. The van der Waals surface area contributed by atoms with Crippen LogP contribution in [0.25, 0.3) is 33.5 Å². The van der Waals surface area contributed by atoms with Crippen LogP contribution in [0.3, 0.4) is 0 Å². The summed E-state index contributed by atoms with van der Waals surface area (Å²) in [5.41, 5.74) is 10.1. The largest absolute Gasteiger partial charge is 0.480 e. The maximum atomic E-state index is 6.08. The summed E-state index contributed by atoms with van der Waals surface area (Å²) < 4.78 is 18.7. The second-order valence-electron chi connectivity index (χ2n) is 7.96. The van der Waals surface area contributed by atoms with Gasteiger partial charge in [0.2, 0.25) is 17.7 Å². The van der Waals surface area contributed by atoms with Crippen LogP contribution in [0.2, 0.25) is 0 Å². The summed E-state index contributed by atoms with van der Waals surface area (Å²) in [5, 5.41) is 14.0. The minimum Gasteiger partial charge on any atom is -0.480 e. The molecule has 1 aromatic carbocycles. The molecule has 0 saturated carbocycles. The monoisotopic (exact) mass is 435 g/mol. The Balaban J connectivity index is 1.53. The number of rotatable bonds is 5. The van der Waals surface area contributed by atoms with Gasteiger partial charge in [0.15, 0.2) is 0 Å². The number of hydrogen-bond donors (Lipinski definition) is 1. The van der Waals surface area contributed by atoms with E-state index in [2.05, 4.69) is 32.1 Å². The van der Waals surface area contributed by atoms with E-state index < -0.39 is 0 Å². The molecule has 0 aliphatic carbocycles. The third-order valence-electron chi connectivity index (χ3n) is 5.65. The van der Waals surface area contributed by atoms with Crippen LogP contribution in [0.15, 0.2) is 35.0 Å². The molecule has 0 spiro atoms. The Hall–Kier alpha value is -3.50. The van der Waals surface area contributed by atoms with Crippen LogP contribution in [-0.2, 0) is 18.3 Å². The Bertz CT molecular complexity index is 1270. The van der Waals surface area contributed by atoms with Crippen molar-refractivity contribution < 1.29 is 13.9 Å². The molecule has 4 aromatic rings. The van der Waals surface area contributed by atoms with Gasteiger partial charge in [0, 0.05) is 37.3 Å². The number of pyridine rings is 1. The second-order valence-corrected chi connectivity index (χ2v) is 7.96. The van der Waals surface area contributed by atoms with Crippen molar-refractivity contribution in [2.75, 3.05) is 32.5 Å². The van der Waals surface area contributed by atoms with Gasteiger partial charge < -0.3 is 19.6 Å². The van der Waals surface area contributed by atoms with E-state index in [9.17, 15) is 0 Å². The van der Waals surface area contributed by atoms with Crippen molar-refractivity contribution in [1.82, 2.24) is 29.9 Å². The third-order valence-corrected chi connectivity index (χ3v) is 5.65. The van der Waals surface area contributed by atoms with E-state index in [1.165, 1.54) is 0 Å². The zero-order chi connectivity index (χ0) is 22.2. The van der Waals surface area contributed by atoms with E-state index in [4.69, 9.17) is 19.6 Å². The average molecular weight is 435 g/mol. The van der Waals surface area contributed by atoms with Gasteiger partial charge in [-0.3, -0.25) is 9.58 Å². The third kappa shape index (κ3) is 3.78. The number of nitrogens with two attached hydrogens (primary N) is 1. The van der Waals surface area contributed by atoms with Gasteiger partial charge in [0.1, 0.15) is 0 Å². The fourth-order valence-corrected chi connectivity index (χ4v) is 4.04. The highest BCUT2D eigenvalue weighted by molar-refractivity contribution is 5.96. The van der Waals surface area contributed by atoms with Crippen LogP contribution >= 0.6 is 0 Å². The van der Waals surface area contributed by atoms with E-state index in [-0.39, 0.29) is 6.10 Å². The highest BCUT2D eigenvalue weighted by Crippen LogP contribution is 2.34. The predicted molar refractivity (Wildman–Crippen MR) is 119 cm³/mol. The van der Waals surface area contributed by atoms with Crippen molar-refractivity contribution in [2.24, 2.45) is 7.05 Å². The van der Waals surface area contributed by atoms with Crippen molar-refractivity contribution in [3.05, 3.63) is 36.5 Å². The summed E-state index contributed by atoms with van der Waals surface area (Å²) >= 11 is 0. The molecule has 2 N–H and O–H groups in total. The first kappa shape index (κ1) is 20.4. The molecule has 1 aliphatic rings. The summed E-state index contributed by atoms with van der Waals surface area (Å²) in [5.74, 6) is 1.43. The highest BCUT2D eigenvalue weighted by Gasteiger charge is 2.21. The van der Waals surface area contributed by atoms with Crippen LogP contribution in [0.1, 0.15) is 12.8 Å². The molecule has 10 nitrogen and oxygen atoms in total. The number of aromatic nitrogens is 5. The minimum atomic E-state index is 0.198. The van der Waals surface area contributed by atoms with Crippen LogP contribution < -0.4 is 10.5 Å². The summed E-state index contributed by atoms with van der Waals surface area (Å²) in [4.78, 5) is 6.56. The van der Waals surface area contributed by atoms with Crippen molar-refractivity contribution in [2.45, 2.75) is 19.6 Å². The molecule has 166 valence electrons. The van der Waals surface area contributed by atoms with E-state index in [0.29, 0.717) is 36.5 Å². The topological polar surface area (TPSA) is 117 Å². The molecule has 10 heteroatoms. The smallest absolute Gasteiger partial charge is 0.248 e. The molecular weight excluding hydrogens is 410 g/mol. The molecule has 1 aliphatic heterocycles. The van der Waals surface area contributed by atoms with Gasteiger partial charge in [0.25, 0.3) is 0 Å². The number of hydrogen-bond acceptors (Lipinski definition) is 9. The van der Waals surface area contributed by atoms with Crippen LogP contribution in [0, 0.1) is 0 Å². The SMILES string of the molecule is COc1ncc(-c2cc(-c3nnc(CN4CCOC(C)C4)o3)c3cnn(C)c3c2)cc1N. The number of aryl methyl sites for hydroxylation is 1. The van der Waals surface area contributed by atoms with Gasteiger partial charge in [-0.2, -0.15) is 5.10 Å². The Labute approximate surface area is 184 Å². The molecule has 1 atom stereocenters. The first-order valence-electron chi connectivity index (χ1n) is 10.4. The second kappa shape index (κ2) is 8.21. The summed E-state index contributed by atoms with van der Waals surface area (Å²) in [6.07, 6.45) is 3.74. The normalized spacial score (nSPS) is 17.2. The van der Waals surface area contributed by atoms with E-state index in [1.807, 2.05) is 36.1 Å². The molecule has 32 heavy (non-hydrogen) atoms. The fraction of sp³-hybridized carbons (Fsp3) is 0.364. The Kier molecular flexibility index (Phi) is 5.24. The fourth-order valence-electron chi connectivity index (χ4n) is 4.04. The number of benzene rings is 1. The van der Waals surface area contributed by atoms with E-state index >= 15 is 0 Å². The maximum absolute atomic E-state index is 6.08. The lowest BCUT2D eigenvalue weighted by Gasteiger charge is -2.29. The van der Waals surface area contributed by atoms with E-state index in [1.54, 1.807) is 13.3 Å². The molecule has 0 amide bonds. The number of methoxy groups -OCH3 is 1. The molecule has 4 heterocycles. The summed E-state index contributed by atoms with van der Waals surface area (Å²) in [7, 11) is 3.44. The standard InChI is InChI=1S/C22H25N7O3/c1-13-11-29(4-5-31-13)12-20-26-27-21(32-20)16-6-14(8-19-17(16)10-25-28(19)2)15-7-18(23)22(30-3)24-9-15/h6-10,13H,4-5,11-12,23H2,1-3H3. The zero-order valence-corrected chi connectivity index (χ0v) is 18.3. The van der Waals surface area contributed by atoms with Crippen LogP contribution in [-0.4, -0.2) is 62.8 Å². The average Bonchev–Trinajstić information content (AvgIpc) is 3.40. The van der Waals surface area contributed by atoms with Gasteiger partial charge in [-0.25, -0.2) is 4.98 Å². The number of nitrogen functional groups attached to an aromatic ring is 1. The summed E-state index contributed by atoms with van der Waals surface area (Å²) in [6, 6.07) is 5.88. The van der Waals surface area contributed by atoms with Gasteiger partial charge in [0.05, 0.1) is 49.3 Å². The zero-order valence-electron chi connectivity index (χ0n) is 18.3. The molecule has 1 unspecified atom stereocenters. The van der Waals surface area contributed by atoms with Gasteiger partial charge in [-0.1, -0.05) is 0 Å². The Morgan fingerprint density at radius 1 is 1.19 bits per heavy atom. The number of morpholine rings is 1. The van der Waals surface area contributed by atoms with Crippen LogP contribution in [0.5, 0.6) is 5.88 Å². The summed E-state index contributed by atoms with van der Waals surface area (Å²) in [6.45, 7) is 5.05. The molecular formula is C22H25N7O3. The lowest BCUT2D eigenvalue weighted by atomic mass is 10.0. The number of nitrogens with zero attached hydrogens (tertiary/aromatic N) is 6. The first-order chi connectivity index (χ1) is 15.5. The highest BCUT2D eigenvalue weighted by atomic mass is 16.5. The molecule has 0 bridgehead atoms. The Morgan fingerprint density at radius 2 is 2.06 bits per heavy atom. The maximum Gasteiger partial charge on any atom is 0.248 e. The molecule has 1 fully saturated rings. The lowest BCUT2D eigenvalue weighted by Crippen LogP contribution is -2.40. The van der Waals surface area contributed by atoms with Gasteiger partial charge in [-0.15, -0.1) is 10.2 Å². The van der Waals surface area contributed by atoms with E-state index in [0.717, 1.165) is 40.7 Å². The molecule has 5 rings (SSSR count). The predicted octanol–water partition coefficient (Wildman–Crippen LogP) is 2.50. The Morgan fingerprint density at radius 3 is 2.84 bits per heavy atom. The van der Waals surface area contributed by atoms with Gasteiger partial charge in [-0.05, 0) is 30.7 Å². The van der Waals surface area contributed by atoms with Gasteiger partial charge >= 0.3 is 0 Å². The van der Waals surface area contributed by atoms with Crippen molar-refractivity contribution in [3.63, 3.8) is 0 Å². The van der Waals surface area contributed by atoms with Crippen molar-refractivity contribution >= 4 is 16.6 Å². The number of ether oxygens (including phenoxy) is 2. The molecule has 1 saturated heterocycles. The molecule has 0 radical (unpaired) electrons. The first-order valence-corrected chi connectivity index (χ1v) is 10.4. The number of fused-ring (bicyclic) bond motifs is 1. The minimum absolute atomic E-state index is 0.198. The van der Waals surface area contributed by atoms with Crippen LogP contribution in [0.4, 0.5) is 5.69 Å². The van der Waals surface area contributed by atoms with Crippen molar-refractivity contribution in [1.29, 1.82) is 0 Å². The molecule has 3 aromatic heterocycles.